The minimum atomic E-state index is 0.760. The number of hydrogen-bond acceptors (Lipinski definition) is 4. The van der Waals surface area contributed by atoms with Crippen LogP contribution in [0, 0.1) is 6.92 Å². The van der Waals surface area contributed by atoms with E-state index in [1.807, 2.05) is 32.3 Å². The van der Waals surface area contributed by atoms with Crippen molar-refractivity contribution in [3.63, 3.8) is 0 Å². The van der Waals surface area contributed by atoms with Crippen molar-refractivity contribution < 1.29 is 4.74 Å². The highest BCUT2D eigenvalue weighted by atomic mass is 16.5. The van der Waals surface area contributed by atoms with Crippen molar-refractivity contribution in [1.29, 1.82) is 0 Å². The van der Waals surface area contributed by atoms with Gasteiger partial charge in [-0.2, -0.15) is 0 Å². The van der Waals surface area contributed by atoms with Crippen molar-refractivity contribution in [2.75, 3.05) is 18.6 Å². The average Bonchev–Trinajstić information content (AvgIpc) is 3.12. The number of aryl methyl sites for hydroxylation is 1. The Bertz CT molecular complexity index is 824. The van der Waals surface area contributed by atoms with Crippen LogP contribution >= 0.6 is 0 Å². The first kappa shape index (κ1) is 12.2. The molecule has 0 amide bonds. The van der Waals surface area contributed by atoms with Crippen LogP contribution in [0.5, 0.6) is 5.75 Å². The van der Waals surface area contributed by atoms with Crippen molar-refractivity contribution >= 4 is 22.5 Å². The van der Waals surface area contributed by atoms with Gasteiger partial charge in [-0.15, -0.1) is 0 Å². The van der Waals surface area contributed by atoms with Crippen molar-refractivity contribution in [3.05, 3.63) is 41.9 Å². The highest BCUT2D eigenvalue weighted by Crippen LogP contribution is 2.33. The van der Waals surface area contributed by atoms with Crippen LogP contribution in [0.3, 0.4) is 0 Å². The number of fused-ring (bicyclic) bond motifs is 2. The van der Waals surface area contributed by atoms with E-state index in [9.17, 15) is 0 Å². The molecule has 0 saturated carbocycles. The van der Waals surface area contributed by atoms with Crippen molar-refractivity contribution in [2.45, 2.75) is 13.3 Å². The molecule has 0 unspecified atom stereocenters. The van der Waals surface area contributed by atoms with E-state index < -0.39 is 0 Å². The van der Waals surface area contributed by atoms with Gasteiger partial charge in [-0.05, 0) is 36.8 Å². The quantitative estimate of drug-likeness (QED) is 0.784. The number of hydrogen-bond donors (Lipinski definition) is 1. The molecular weight excluding hydrogens is 264 g/mol. The lowest BCUT2D eigenvalue weighted by Gasteiger charge is -2.20. The molecule has 3 aromatic rings. The van der Waals surface area contributed by atoms with Crippen molar-refractivity contribution in [3.8, 4) is 5.75 Å². The first-order valence-corrected chi connectivity index (χ1v) is 7.03. The monoisotopic (exact) mass is 280 g/mol. The van der Waals surface area contributed by atoms with Crippen LogP contribution in [-0.2, 0) is 6.42 Å². The fourth-order valence-electron chi connectivity index (χ4n) is 2.79. The van der Waals surface area contributed by atoms with Crippen molar-refractivity contribution in [1.82, 2.24) is 15.0 Å². The summed E-state index contributed by atoms with van der Waals surface area (Å²) in [5.74, 6) is 2.67. The molecule has 5 nitrogen and oxygen atoms in total. The predicted molar refractivity (Wildman–Crippen MR) is 82.3 cm³/mol. The van der Waals surface area contributed by atoms with E-state index in [0.29, 0.717) is 0 Å². The molecule has 21 heavy (non-hydrogen) atoms. The van der Waals surface area contributed by atoms with Crippen LogP contribution < -0.4 is 9.64 Å². The molecule has 1 aromatic carbocycles. The largest absolute Gasteiger partial charge is 0.493 e. The molecule has 0 bridgehead atoms. The maximum atomic E-state index is 5.57. The Kier molecular flexibility index (Phi) is 2.60. The predicted octanol–water partition coefficient (Wildman–Crippen LogP) is 2.97. The summed E-state index contributed by atoms with van der Waals surface area (Å²) in [5.41, 5.74) is 3.24. The number of ether oxygens (including phenoxy) is 1. The Labute approximate surface area is 122 Å². The van der Waals surface area contributed by atoms with Crippen LogP contribution in [0.25, 0.3) is 11.0 Å². The van der Waals surface area contributed by atoms with E-state index in [1.165, 1.54) is 5.56 Å². The zero-order valence-electron chi connectivity index (χ0n) is 12.1. The smallest absolute Gasteiger partial charge is 0.146 e. The Balaban J connectivity index is 1.82. The Morgan fingerprint density at radius 1 is 1.24 bits per heavy atom. The summed E-state index contributed by atoms with van der Waals surface area (Å²) < 4.78 is 5.57. The molecule has 3 heterocycles. The second-order valence-corrected chi connectivity index (χ2v) is 5.28. The van der Waals surface area contributed by atoms with E-state index in [0.717, 1.165) is 47.1 Å². The van der Waals surface area contributed by atoms with Crippen LogP contribution in [-0.4, -0.2) is 28.6 Å². The molecule has 1 aliphatic rings. The van der Waals surface area contributed by atoms with Gasteiger partial charge in [0, 0.05) is 25.4 Å². The normalized spacial score (nSPS) is 13.2. The number of aromatic nitrogens is 3. The standard InChI is InChI=1S/C16H16N4O/c1-10-18-15-13(5-7-17-15)16(19-10)20(2)12-3-4-14-11(9-12)6-8-21-14/h3-5,7,9H,6,8H2,1-2H3,(H,17,18,19). The summed E-state index contributed by atoms with van der Waals surface area (Å²) in [7, 11) is 2.03. The van der Waals surface area contributed by atoms with Gasteiger partial charge in [0.1, 0.15) is 23.0 Å². The van der Waals surface area contributed by atoms with Gasteiger partial charge in [-0.25, -0.2) is 9.97 Å². The maximum Gasteiger partial charge on any atom is 0.146 e. The first-order chi connectivity index (χ1) is 10.2. The minimum absolute atomic E-state index is 0.760. The third-order valence-electron chi connectivity index (χ3n) is 3.89. The van der Waals surface area contributed by atoms with E-state index in [1.54, 1.807) is 0 Å². The average molecular weight is 280 g/mol. The molecule has 106 valence electrons. The summed E-state index contributed by atoms with van der Waals surface area (Å²) >= 11 is 0. The van der Waals surface area contributed by atoms with Gasteiger partial charge >= 0.3 is 0 Å². The van der Waals surface area contributed by atoms with Gasteiger partial charge < -0.3 is 14.6 Å². The van der Waals surface area contributed by atoms with E-state index in [4.69, 9.17) is 4.74 Å². The van der Waals surface area contributed by atoms with Crippen LogP contribution in [0.2, 0.25) is 0 Å². The molecule has 4 rings (SSSR count). The second-order valence-electron chi connectivity index (χ2n) is 5.28. The number of anilines is 2. The Hall–Kier alpha value is -2.56. The highest BCUT2D eigenvalue weighted by Gasteiger charge is 2.16. The summed E-state index contributed by atoms with van der Waals surface area (Å²) in [6.45, 7) is 2.69. The number of nitrogens with one attached hydrogen (secondary N) is 1. The lowest BCUT2D eigenvalue weighted by Crippen LogP contribution is -2.12. The lowest BCUT2D eigenvalue weighted by molar-refractivity contribution is 0.357. The third kappa shape index (κ3) is 1.93. The summed E-state index contributed by atoms with van der Waals surface area (Å²) in [4.78, 5) is 14.3. The van der Waals surface area contributed by atoms with E-state index >= 15 is 0 Å². The zero-order chi connectivity index (χ0) is 14.4. The topological polar surface area (TPSA) is 54.0 Å². The summed E-state index contributed by atoms with van der Waals surface area (Å²) in [5, 5.41) is 1.03. The minimum Gasteiger partial charge on any atom is -0.493 e. The highest BCUT2D eigenvalue weighted by molar-refractivity contribution is 5.89. The third-order valence-corrected chi connectivity index (χ3v) is 3.89. The van der Waals surface area contributed by atoms with Gasteiger partial charge in [0.05, 0.1) is 12.0 Å². The summed E-state index contributed by atoms with van der Waals surface area (Å²) in [6, 6.07) is 8.30. The van der Waals surface area contributed by atoms with Gasteiger partial charge in [0.15, 0.2) is 0 Å². The lowest BCUT2D eigenvalue weighted by atomic mass is 10.1. The first-order valence-electron chi connectivity index (χ1n) is 7.03. The molecule has 0 saturated heterocycles. The molecule has 0 spiro atoms. The zero-order valence-corrected chi connectivity index (χ0v) is 12.1. The van der Waals surface area contributed by atoms with Gasteiger partial charge in [-0.1, -0.05) is 0 Å². The molecule has 0 radical (unpaired) electrons. The number of aromatic amines is 1. The van der Waals surface area contributed by atoms with Crippen molar-refractivity contribution in [2.24, 2.45) is 0 Å². The Morgan fingerprint density at radius 2 is 2.14 bits per heavy atom. The van der Waals surface area contributed by atoms with Crippen LogP contribution in [0.15, 0.2) is 30.5 Å². The molecule has 1 aliphatic heterocycles. The van der Waals surface area contributed by atoms with Gasteiger partial charge in [-0.3, -0.25) is 0 Å². The fraction of sp³-hybridized carbons (Fsp3) is 0.250. The molecular formula is C16H16N4O. The number of H-pyrrole nitrogens is 1. The summed E-state index contributed by atoms with van der Waals surface area (Å²) in [6.07, 6.45) is 2.87. The van der Waals surface area contributed by atoms with Crippen LogP contribution in [0.1, 0.15) is 11.4 Å². The Morgan fingerprint density at radius 3 is 3.05 bits per heavy atom. The second kappa shape index (κ2) is 4.48. The van der Waals surface area contributed by atoms with Gasteiger partial charge in [0.2, 0.25) is 0 Å². The molecule has 2 aromatic heterocycles. The van der Waals surface area contributed by atoms with E-state index in [-0.39, 0.29) is 0 Å². The maximum absolute atomic E-state index is 5.57. The number of benzene rings is 1. The number of nitrogens with zero attached hydrogens (tertiary/aromatic N) is 3. The van der Waals surface area contributed by atoms with Gasteiger partial charge in [0.25, 0.3) is 0 Å². The molecule has 0 atom stereocenters. The molecule has 0 aliphatic carbocycles. The molecule has 1 N–H and O–H groups in total. The fourth-order valence-corrected chi connectivity index (χ4v) is 2.79. The molecule has 5 heteroatoms. The molecule has 0 fully saturated rings. The van der Waals surface area contributed by atoms with Crippen LogP contribution in [0.4, 0.5) is 11.5 Å². The van der Waals surface area contributed by atoms with E-state index in [2.05, 4.69) is 32.0 Å². The number of rotatable bonds is 2. The SMILES string of the molecule is Cc1nc(N(C)c2ccc3c(c2)CCO3)c2cc[nH]c2n1.